The summed E-state index contributed by atoms with van der Waals surface area (Å²) in [7, 11) is 0. The Bertz CT molecular complexity index is 472. The highest BCUT2D eigenvalue weighted by Crippen LogP contribution is 2.13. The van der Waals surface area contributed by atoms with Gasteiger partial charge in [-0.3, -0.25) is 4.79 Å². The van der Waals surface area contributed by atoms with Crippen LogP contribution in [0, 0.1) is 0 Å². The lowest BCUT2D eigenvalue weighted by Crippen LogP contribution is -2.34. The van der Waals surface area contributed by atoms with Crippen LogP contribution in [-0.2, 0) is 0 Å². The number of nitrogens with one attached hydrogen (secondary N) is 1. The molecule has 0 radical (unpaired) electrons. The van der Waals surface area contributed by atoms with Crippen LogP contribution in [0.4, 0.5) is 0 Å². The van der Waals surface area contributed by atoms with E-state index >= 15 is 0 Å². The van der Waals surface area contributed by atoms with Gasteiger partial charge >= 0.3 is 0 Å². The van der Waals surface area contributed by atoms with Crippen LogP contribution in [0.15, 0.2) is 10.7 Å². The maximum absolute atomic E-state index is 12.1. The molecule has 0 bridgehead atoms. The van der Waals surface area contributed by atoms with Gasteiger partial charge in [-0.25, -0.2) is 4.98 Å². The Kier molecular flexibility index (Phi) is 8.22. The molecule has 0 aromatic carbocycles. The molecule has 0 spiro atoms. The quantitative estimate of drug-likeness (QED) is 0.598. The van der Waals surface area contributed by atoms with E-state index in [2.05, 4.69) is 29.0 Å². The van der Waals surface area contributed by atoms with Gasteiger partial charge in [-0.2, -0.15) is 0 Å². The second kappa shape index (κ2) is 9.64. The van der Waals surface area contributed by atoms with E-state index in [9.17, 15) is 9.90 Å². The van der Waals surface area contributed by atoms with Crippen LogP contribution in [0.1, 0.15) is 63.0 Å². The maximum Gasteiger partial charge on any atom is 0.273 e. The normalized spacial score (nSPS) is 15.4. The first-order valence-corrected chi connectivity index (χ1v) is 8.31. The number of amides is 1. The molecule has 0 aliphatic heterocycles. The van der Waals surface area contributed by atoms with Gasteiger partial charge in [0, 0.05) is 6.04 Å². The fraction of sp³-hybridized carbons (Fsp3) is 0.750. The van der Waals surface area contributed by atoms with Crippen molar-refractivity contribution in [1.29, 1.82) is 0 Å². The van der Waals surface area contributed by atoms with Crippen molar-refractivity contribution in [2.75, 3.05) is 19.6 Å². The van der Waals surface area contributed by atoms with Gasteiger partial charge in [0.05, 0.1) is 6.10 Å². The molecule has 0 fully saturated rings. The summed E-state index contributed by atoms with van der Waals surface area (Å²) in [6.45, 7) is 10.9. The van der Waals surface area contributed by atoms with Crippen molar-refractivity contribution in [1.82, 2.24) is 15.2 Å². The topological polar surface area (TPSA) is 105 Å². The number of aromatic nitrogens is 1. The van der Waals surface area contributed by atoms with E-state index in [0.717, 1.165) is 32.5 Å². The Morgan fingerprint density at radius 2 is 2.09 bits per heavy atom. The molecule has 7 nitrogen and oxygen atoms in total. The maximum atomic E-state index is 12.1. The Hall–Kier alpha value is -1.44. The minimum atomic E-state index is -0.788. The standard InChI is InChI=1S/C16H30N4O3/c1-5-20(6-2)9-7-8-11(3)18-15(22)13-10-23-16(19-13)14(17)12(4)21/h10-12,14,21H,5-9,17H2,1-4H3,(H,18,22). The van der Waals surface area contributed by atoms with Gasteiger partial charge in [0.1, 0.15) is 12.3 Å². The summed E-state index contributed by atoms with van der Waals surface area (Å²) in [4.78, 5) is 18.5. The predicted molar refractivity (Wildman–Crippen MR) is 89.1 cm³/mol. The second-order valence-corrected chi connectivity index (χ2v) is 5.88. The smallest absolute Gasteiger partial charge is 0.273 e. The van der Waals surface area contributed by atoms with Crippen LogP contribution in [0.5, 0.6) is 0 Å². The molecule has 23 heavy (non-hydrogen) atoms. The molecule has 1 aromatic heterocycles. The van der Waals surface area contributed by atoms with E-state index < -0.39 is 12.1 Å². The molecule has 4 N–H and O–H groups in total. The van der Waals surface area contributed by atoms with E-state index in [1.165, 1.54) is 6.26 Å². The fourth-order valence-electron chi connectivity index (χ4n) is 2.28. The summed E-state index contributed by atoms with van der Waals surface area (Å²) in [5.41, 5.74) is 5.92. The Balaban J connectivity index is 2.43. The van der Waals surface area contributed by atoms with E-state index in [1.807, 2.05) is 6.92 Å². The largest absolute Gasteiger partial charge is 0.446 e. The number of hydrogen-bond acceptors (Lipinski definition) is 6. The summed E-state index contributed by atoms with van der Waals surface area (Å²) in [5, 5.41) is 12.3. The Labute approximate surface area is 138 Å². The molecule has 7 heteroatoms. The summed E-state index contributed by atoms with van der Waals surface area (Å²) >= 11 is 0. The molecule has 3 atom stereocenters. The summed E-state index contributed by atoms with van der Waals surface area (Å²) in [5.74, 6) is -0.118. The molecule has 0 aliphatic carbocycles. The fourth-order valence-corrected chi connectivity index (χ4v) is 2.28. The number of carbonyl (C=O) groups is 1. The molecular weight excluding hydrogens is 296 g/mol. The molecule has 1 amide bonds. The third-order valence-electron chi connectivity index (χ3n) is 3.94. The predicted octanol–water partition coefficient (Wildman–Crippen LogP) is 1.30. The molecule has 1 aromatic rings. The number of hydrogen-bond donors (Lipinski definition) is 3. The molecule has 1 rings (SSSR count). The number of aliphatic hydroxyl groups excluding tert-OH is 1. The van der Waals surface area contributed by atoms with Gasteiger partial charge in [0.25, 0.3) is 5.91 Å². The number of nitrogens with two attached hydrogens (primary N) is 1. The first-order chi connectivity index (χ1) is 10.9. The highest BCUT2D eigenvalue weighted by Gasteiger charge is 2.21. The minimum absolute atomic E-state index is 0.0589. The van der Waals surface area contributed by atoms with Crippen LogP contribution in [0.2, 0.25) is 0 Å². The average Bonchev–Trinajstić information content (AvgIpc) is 3.00. The summed E-state index contributed by atoms with van der Waals surface area (Å²) < 4.78 is 5.17. The Morgan fingerprint density at radius 1 is 1.43 bits per heavy atom. The third-order valence-corrected chi connectivity index (χ3v) is 3.94. The highest BCUT2D eigenvalue weighted by molar-refractivity contribution is 5.92. The van der Waals surface area contributed by atoms with Crippen LogP contribution >= 0.6 is 0 Å². The lowest BCUT2D eigenvalue weighted by atomic mass is 10.1. The SMILES string of the molecule is CCN(CC)CCCC(C)NC(=O)c1coc(C(N)C(C)O)n1. The summed E-state index contributed by atoms with van der Waals surface area (Å²) in [6, 6.07) is -0.674. The number of nitrogens with zero attached hydrogens (tertiary/aromatic N) is 2. The van der Waals surface area contributed by atoms with Crippen molar-refractivity contribution in [2.45, 2.75) is 58.7 Å². The zero-order chi connectivity index (χ0) is 17.4. The molecule has 1 heterocycles. The van der Waals surface area contributed by atoms with E-state index in [-0.39, 0.29) is 23.5 Å². The van der Waals surface area contributed by atoms with Gasteiger partial charge in [0.2, 0.25) is 5.89 Å². The van der Waals surface area contributed by atoms with Crippen molar-refractivity contribution in [3.63, 3.8) is 0 Å². The van der Waals surface area contributed by atoms with E-state index in [1.54, 1.807) is 6.92 Å². The van der Waals surface area contributed by atoms with Gasteiger partial charge < -0.3 is 25.5 Å². The number of aliphatic hydroxyl groups is 1. The number of oxazole rings is 1. The number of carbonyl (C=O) groups excluding carboxylic acids is 1. The minimum Gasteiger partial charge on any atom is -0.446 e. The molecule has 0 saturated carbocycles. The lowest BCUT2D eigenvalue weighted by molar-refractivity contribution is 0.0932. The lowest BCUT2D eigenvalue weighted by Gasteiger charge is -2.19. The van der Waals surface area contributed by atoms with Gasteiger partial charge in [-0.15, -0.1) is 0 Å². The third kappa shape index (κ3) is 6.29. The van der Waals surface area contributed by atoms with E-state index in [0.29, 0.717) is 0 Å². The molecule has 3 unspecified atom stereocenters. The van der Waals surface area contributed by atoms with Crippen molar-refractivity contribution in [2.24, 2.45) is 5.73 Å². The Morgan fingerprint density at radius 3 is 2.65 bits per heavy atom. The van der Waals surface area contributed by atoms with Crippen LogP contribution in [0.25, 0.3) is 0 Å². The highest BCUT2D eigenvalue weighted by atomic mass is 16.3. The van der Waals surface area contributed by atoms with Crippen molar-refractivity contribution in [3.8, 4) is 0 Å². The monoisotopic (exact) mass is 326 g/mol. The second-order valence-electron chi connectivity index (χ2n) is 5.88. The van der Waals surface area contributed by atoms with Gasteiger partial charge in [-0.05, 0) is 46.3 Å². The van der Waals surface area contributed by atoms with Crippen LogP contribution in [0.3, 0.4) is 0 Å². The molecule has 0 aliphatic rings. The van der Waals surface area contributed by atoms with Crippen molar-refractivity contribution in [3.05, 3.63) is 17.8 Å². The van der Waals surface area contributed by atoms with Gasteiger partial charge in [0.15, 0.2) is 5.69 Å². The van der Waals surface area contributed by atoms with Crippen LogP contribution < -0.4 is 11.1 Å². The molecule has 132 valence electrons. The van der Waals surface area contributed by atoms with Gasteiger partial charge in [-0.1, -0.05) is 13.8 Å². The van der Waals surface area contributed by atoms with Crippen LogP contribution in [-0.4, -0.2) is 52.7 Å². The average molecular weight is 326 g/mol. The summed E-state index contributed by atoms with van der Waals surface area (Å²) in [6.07, 6.45) is 2.42. The molecular formula is C16H30N4O3. The van der Waals surface area contributed by atoms with Crippen molar-refractivity contribution < 1.29 is 14.3 Å². The van der Waals surface area contributed by atoms with E-state index in [4.69, 9.17) is 10.2 Å². The zero-order valence-corrected chi connectivity index (χ0v) is 14.6. The first kappa shape index (κ1) is 19.6. The molecule has 0 saturated heterocycles. The first-order valence-electron chi connectivity index (χ1n) is 8.31. The van der Waals surface area contributed by atoms with Crippen molar-refractivity contribution >= 4 is 5.91 Å². The number of rotatable bonds is 10. The zero-order valence-electron chi connectivity index (χ0n) is 14.6.